The molecule has 2 atom stereocenters. The summed E-state index contributed by atoms with van der Waals surface area (Å²) in [7, 11) is 1.70. The lowest BCUT2D eigenvalue weighted by Gasteiger charge is -2.40. The van der Waals surface area contributed by atoms with Crippen LogP contribution in [0.2, 0.25) is 0 Å². The number of aryl methyl sites for hydroxylation is 1. The van der Waals surface area contributed by atoms with Crippen molar-refractivity contribution in [1.29, 1.82) is 0 Å². The molecule has 2 saturated heterocycles. The number of fused-ring (bicyclic) bond motifs is 1. The molecule has 0 radical (unpaired) electrons. The van der Waals surface area contributed by atoms with Gasteiger partial charge in [-0.05, 0) is 31.9 Å². The average Bonchev–Trinajstić information content (AvgIpc) is 3.14. The molecule has 8 heteroatoms. The lowest BCUT2D eigenvalue weighted by Crippen LogP contribution is -2.64. The molecule has 3 amide bonds. The van der Waals surface area contributed by atoms with E-state index in [9.17, 15) is 9.59 Å². The summed E-state index contributed by atoms with van der Waals surface area (Å²) in [5.74, 6) is 0.599. The first kappa shape index (κ1) is 19.7. The number of likely N-dealkylation sites (N-methyl/N-ethyl adjacent to an activating group) is 2. The number of carbonyl (C=O) groups excluding carboxylic acids is 2. The van der Waals surface area contributed by atoms with Crippen molar-refractivity contribution in [2.24, 2.45) is 4.99 Å². The van der Waals surface area contributed by atoms with Crippen LogP contribution < -0.4 is 5.32 Å². The number of aliphatic imine (C=N–C) groups is 1. The molecule has 1 aromatic rings. The van der Waals surface area contributed by atoms with E-state index >= 15 is 0 Å². The average molecular weight is 399 g/mol. The maximum atomic E-state index is 12.4. The molecule has 29 heavy (non-hydrogen) atoms. The number of urea groups is 1. The second-order valence-corrected chi connectivity index (χ2v) is 7.90. The van der Waals surface area contributed by atoms with E-state index in [0.717, 1.165) is 51.5 Å². The van der Waals surface area contributed by atoms with Crippen LogP contribution >= 0.6 is 0 Å². The number of guanidine groups is 1. The molecular formula is C21H30N6O2. The smallest absolute Gasteiger partial charge is 0.325 e. The minimum atomic E-state index is -0.435. The molecule has 0 bridgehead atoms. The zero-order valence-corrected chi connectivity index (χ0v) is 17.3. The van der Waals surface area contributed by atoms with E-state index in [-0.39, 0.29) is 11.9 Å². The second kappa shape index (κ2) is 8.41. The van der Waals surface area contributed by atoms with E-state index in [2.05, 4.69) is 45.4 Å². The van der Waals surface area contributed by atoms with Gasteiger partial charge < -0.3 is 14.7 Å². The highest BCUT2D eigenvalue weighted by atomic mass is 16.2. The van der Waals surface area contributed by atoms with Crippen LogP contribution in [0.1, 0.15) is 18.9 Å². The van der Waals surface area contributed by atoms with E-state index in [4.69, 9.17) is 4.99 Å². The fourth-order valence-corrected chi connectivity index (χ4v) is 4.44. The number of imide groups is 1. The van der Waals surface area contributed by atoms with Crippen LogP contribution in [-0.2, 0) is 11.2 Å². The highest BCUT2D eigenvalue weighted by molar-refractivity contribution is 6.03. The normalized spacial score (nSPS) is 25.2. The van der Waals surface area contributed by atoms with Crippen molar-refractivity contribution in [3.05, 3.63) is 35.9 Å². The molecule has 1 aromatic carbocycles. The van der Waals surface area contributed by atoms with Crippen LogP contribution in [0.25, 0.3) is 0 Å². The van der Waals surface area contributed by atoms with Gasteiger partial charge in [-0.2, -0.15) is 0 Å². The molecule has 2 unspecified atom stereocenters. The van der Waals surface area contributed by atoms with E-state index in [1.807, 2.05) is 11.8 Å². The predicted molar refractivity (Wildman–Crippen MR) is 111 cm³/mol. The van der Waals surface area contributed by atoms with Crippen molar-refractivity contribution in [1.82, 2.24) is 24.9 Å². The van der Waals surface area contributed by atoms with Gasteiger partial charge in [0.1, 0.15) is 0 Å². The molecule has 1 N–H and O–H groups in total. The van der Waals surface area contributed by atoms with Gasteiger partial charge >= 0.3 is 6.03 Å². The van der Waals surface area contributed by atoms with Crippen molar-refractivity contribution >= 4 is 17.9 Å². The molecule has 3 aliphatic rings. The topological polar surface area (TPSA) is 71.5 Å². The summed E-state index contributed by atoms with van der Waals surface area (Å²) in [6.07, 6.45) is 1.83. The Balaban J connectivity index is 1.33. The second-order valence-electron chi connectivity index (χ2n) is 7.90. The van der Waals surface area contributed by atoms with E-state index in [0.29, 0.717) is 6.54 Å². The van der Waals surface area contributed by atoms with Crippen LogP contribution in [0.15, 0.2) is 35.3 Å². The minimum Gasteiger partial charge on any atom is -0.340 e. The highest BCUT2D eigenvalue weighted by Gasteiger charge is 2.49. The summed E-state index contributed by atoms with van der Waals surface area (Å²) in [5, 5.41) is 2.44. The Morgan fingerprint density at radius 3 is 2.52 bits per heavy atom. The largest absolute Gasteiger partial charge is 0.340 e. The quantitative estimate of drug-likeness (QED) is 0.795. The van der Waals surface area contributed by atoms with Crippen LogP contribution in [0.4, 0.5) is 4.79 Å². The highest BCUT2D eigenvalue weighted by Crippen LogP contribution is 2.25. The monoisotopic (exact) mass is 398 g/mol. The Bertz CT molecular complexity index is 775. The Labute approximate surface area is 172 Å². The van der Waals surface area contributed by atoms with Gasteiger partial charge in [0.05, 0.1) is 0 Å². The number of carbonyl (C=O) groups is 2. The molecule has 0 spiro atoms. The first-order valence-electron chi connectivity index (χ1n) is 10.5. The fraction of sp³-hybridized carbons (Fsp3) is 0.571. The van der Waals surface area contributed by atoms with Gasteiger partial charge in [-0.1, -0.05) is 30.3 Å². The fourth-order valence-electron chi connectivity index (χ4n) is 4.44. The van der Waals surface area contributed by atoms with Gasteiger partial charge in [0.25, 0.3) is 5.91 Å². The molecule has 3 aliphatic heterocycles. The number of hydrogen-bond acceptors (Lipinski definition) is 6. The standard InChI is InChI=1S/C21H30N6O2/c1-3-27-17-18(24(2)21(29)23-19(17)28)22-20(27)26-14-12-25(13-15-26)11-7-10-16-8-5-4-6-9-16/h4-6,8-9,17-18H,3,7,10-15H2,1-2H3,(H,23,28,29). The summed E-state index contributed by atoms with van der Waals surface area (Å²) in [4.78, 5) is 37.5. The number of nitrogens with one attached hydrogen (secondary N) is 1. The Morgan fingerprint density at radius 1 is 1.10 bits per heavy atom. The number of rotatable bonds is 5. The summed E-state index contributed by atoms with van der Waals surface area (Å²) in [5.41, 5.74) is 1.39. The van der Waals surface area contributed by atoms with E-state index in [1.165, 1.54) is 10.5 Å². The van der Waals surface area contributed by atoms with Crippen molar-refractivity contribution in [3.63, 3.8) is 0 Å². The molecule has 2 fully saturated rings. The lowest BCUT2D eigenvalue weighted by molar-refractivity contribution is -0.127. The van der Waals surface area contributed by atoms with Crippen LogP contribution in [0, 0.1) is 0 Å². The van der Waals surface area contributed by atoms with Gasteiger partial charge in [0.2, 0.25) is 0 Å². The van der Waals surface area contributed by atoms with Gasteiger partial charge in [0.15, 0.2) is 18.2 Å². The first-order chi connectivity index (χ1) is 14.1. The van der Waals surface area contributed by atoms with Crippen LogP contribution in [0.3, 0.4) is 0 Å². The number of hydrogen-bond donors (Lipinski definition) is 1. The van der Waals surface area contributed by atoms with Gasteiger partial charge in [-0.15, -0.1) is 0 Å². The molecule has 8 nitrogen and oxygen atoms in total. The van der Waals surface area contributed by atoms with Crippen molar-refractivity contribution < 1.29 is 9.59 Å². The van der Waals surface area contributed by atoms with Crippen LogP contribution in [0.5, 0.6) is 0 Å². The maximum Gasteiger partial charge on any atom is 0.325 e. The number of benzene rings is 1. The Hall–Kier alpha value is -2.61. The zero-order chi connectivity index (χ0) is 20.4. The summed E-state index contributed by atoms with van der Waals surface area (Å²) in [6.45, 7) is 7.56. The lowest BCUT2D eigenvalue weighted by atomic mass is 10.1. The predicted octanol–water partition coefficient (Wildman–Crippen LogP) is 0.805. The molecule has 0 aromatic heterocycles. The summed E-state index contributed by atoms with van der Waals surface area (Å²) >= 11 is 0. The third-order valence-electron chi connectivity index (χ3n) is 6.12. The zero-order valence-electron chi connectivity index (χ0n) is 17.3. The molecule has 4 rings (SSSR count). The Kier molecular flexibility index (Phi) is 5.71. The number of piperazine rings is 1. The first-order valence-corrected chi connectivity index (χ1v) is 10.5. The molecular weight excluding hydrogens is 368 g/mol. The van der Waals surface area contributed by atoms with Crippen molar-refractivity contribution in [2.75, 3.05) is 46.3 Å². The molecule has 3 heterocycles. The van der Waals surface area contributed by atoms with Gasteiger partial charge in [-0.3, -0.25) is 15.0 Å². The van der Waals surface area contributed by atoms with Crippen molar-refractivity contribution in [2.45, 2.75) is 32.0 Å². The van der Waals surface area contributed by atoms with Crippen molar-refractivity contribution in [3.8, 4) is 0 Å². The molecule has 156 valence electrons. The SMILES string of the molecule is CCN1C(N2CCN(CCCc3ccccc3)CC2)=NC2C1C(=O)NC(=O)N2C. The van der Waals surface area contributed by atoms with Gasteiger partial charge in [-0.25, -0.2) is 9.79 Å². The van der Waals surface area contributed by atoms with Crippen LogP contribution in [-0.4, -0.2) is 96.0 Å². The summed E-state index contributed by atoms with van der Waals surface area (Å²) < 4.78 is 0. The number of nitrogens with zero attached hydrogens (tertiary/aromatic N) is 5. The van der Waals surface area contributed by atoms with Gasteiger partial charge in [0, 0.05) is 39.8 Å². The Morgan fingerprint density at radius 2 is 1.83 bits per heavy atom. The summed E-state index contributed by atoms with van der Waals surface area (Å²) in [6, 6.07) is 9.82. The van der Waals surface area contributed by atoms with E-state index < -0.39 is 12.2 Å². The van der Waals surface area contributed by atoms with E-state index in [1.54, 1.807) is 7.05 Å². The third-order valence-corrected chi connectivity index (χ3v) is 6.12. The molecule has 0 saturated carbocycles. The third kappa shape index (κ3) is 3.94. The maximum absolute atomic E-state index is 12.4. The molecule has 0 aliphatic carbocycles. The number of amides is 3. The minimum absolute atomic E-state index is 0.252.